The largest absolute Gasteiger partial charge is 0.313 e. The number of nitrogens with one attached hydrogen (secondary N) is 1. The van der Waals surface area contributed by atoms with Gasteiger partial charge in [0, 0.05) is 24.5 Å². The molecule has 1 aromatic rings. The molecule has 0 fully saturated rings. The van der Waals surface area contributed by atoms with E-state index in [9.17, 15) is 0 Å². The highest BCUT2D eigenvalue weighted by Gasteiger charge is 1.95. The normalized spacial score (nSPS) is 10.5. The summed E-state index contributed by atoms with van der Waals surface area (Å²) < 4.78 is 1.73. The summed E-state index contributed by atoms with van der Waals surface area (Å²) in [5.41, 5.74) is 1.21. The lowest BCUT2D eigenvalue weighted by Gasteiger charge is -2.01. The molecule has 0 saturated heterocycles. The lowest BCUT2D eigenvalue weighted by Crippen LogP contribution is -2.14. The summed E-state index contributed by atoms with van der Waals surface area (Å²) in [6, 6.07) is 0. The average molecular weight is 225 g/mol. The van der Waals surface area contributed by atoms with Crippen molar-refractivity contribution in [3.05, 3.63) is 24.5 Å². The van der Waals surface area contributed by atoms with Gasteiger partial charge in [0.25, 0.3) is 0 Å². The average Bonchev–Trinajstić information content (AvgIpc) is 2.71. The molecule has 0 aliphatic heterocycles. The smallest absolute Gasteiger partial charge is 0.0538 e. The maximum absolute atomic E-state index is 4.12. The van der Waals surface area contributed by atoms with Gasteiger partial charge in [0.15, 0.2) is 0 Å². The number of unbranched alkanes of at least 4 members (excludes halogenated alkanes) is 1. The Bertz CT molecular complexity index is 283. The van der Waals surface area contributed by atoms with Crippen molar-refractivity contribution in [2.45, 2.75) is 19.4 Å². The minimum Gasteiger partial charge on any atom is -0.313 e. The molecule has 0 saturated carbocycles. The predicted octanol–water partition coefficient (Wildman–Crippen LogP) is 2.22. The van der Waals surface area contributed by atoms with Crippen LogP contribution in [0.25, 0.3) is 6.20 Å². The van der Waals surface area contributed by atoms with Gasteiger partial charge in [-0.3, -0.25) is 0 Å². The second-order valence-electron chi connectivity index (χ2n) is 3.39. The van der Waals surface area contributed by atoms with Gasteiger partial charge in [0.05, 0.1) is 6.20 Å². The summed E-state index contributed by atoms with van der Waals surface area (Å²) >= 11 is 1.91. The van der Waals surface area contributed by atoms with E-state index >= 15 is 0 Å². The van der Waals surface area contributed by atoms with Gasteiger partial charge in [0.1, 0.15) is 0 Å². The molecule has 1 aromatic heterocycles. The van der Waals surface area contributed by atoms with Gasteiger partial charge in [0.2, 0.25) is 0 Å². The van der Waals surface area contributed by atoms with Crippen LogP contribution in [0.2, 0.25) is 0 Å². The highest BCUT2D eigenvalue weighted by Crippen LogP contribution is 1.99. The van der Waals surface area contributed by atoms with Gasteiger partial charge in [-0.15, -0.1) is 0 Å². The maximum Gasteiger partial charge on any atom is 0.0538 e. The van der Waals surface area contributed by atoms with Crippen molar-refractivity contribution in [3.8, 4) is 0 Å². The van der Waals surface area contributed by atoms with E-state index in [0.717, 1.165) is 13.1 Å². The Labute approximate surface area is 95.9 Å². The van der Waals surface area contributed by atoms with E-state index in [-0.39, 0.29) is 0 Å². The first kappa shape index (κ1) is 12.3. The maximum atomic E-state index is 4.12. The zero-order valence-electron chi connectivity index (χ0n) is 9.28. The Balaban J connectivity index is 2.07. The summed E-state index contributed by atoms with van der Waals surface area (Å²) in [7, 11) is 0. The van der Waals surface area contributed by atoms with Crippen molar-refractivity contribution in [1.29, 1.82) is 0 Å². The Morgan fingerprint density at radius 2 is 2.47 bits per heavy atom. The van der Waals surface area contributed by atoms with E-state index in [1.54, 1.807) is 10.9 Å². The molecule has 0 aliphatic rings. The molecule has 3 nitrogen and oxygen atoms in total. The van der Waals surface area contributed by atoms with Crippen LogP contribution in [0.15, 0.2) is 19.0 Å². The number of nitrogens with zero attached hydrogens (tertiary/aromatic N) is 2. The Morgan fingerprint density at radius 3 is 3.13 bits per heavy atom. The summed E-state index contributed by atoms with van der Waals surface area (Å²) in [5, 5.41) is 7.52. The first-order valence-corrected chi connectivity index (χ1v) is 6.61. The minimum atomic E-state index is 0.896. The standard InChI is InChI=1S/C11H19N3S/c1-3-14-10-11(9-13-14)8-12-6-4-5-7-15-2/h3,9-10,12H,1,4-8H2,2H3. The third-order valence-electron chi connectivity index (χ3n) is 2.12. The van der Waals surface area contributed by atoms with Crippen molar-refractivity contribution in [3.63, 3.8) is 0 Å². The second-order valence-corrected chi connectivity index (χ2v) is 4.37. The van der Waals surface area contributed by atoms with Gasteiger partial charge >= 0.3 is 0 Å². The molecule has 0 bridgehead atoms. The lowest BCUT2D eigenvalue weighted by molar-refractivity contribution is 0.644. The quantitative estimate of drug-likeness (QED) is 0.688. The van der Waals surface area contributed by atoms with E-state index < -0.39 is 0 Å². The fraction of sp³-hybridized carbons (Fsp3) is 0.545. The van der Waals surface area contributed by atoms with Crippen molar-refractivity contribution < 1.29 is 0 Å². The van der Waals surface area contributed by atoms with Crippen LogP contribution < -0.4 is 5.32 Å². The second kappa shape index (κ2) is 7.54. The minimum absolute atomic E-state index is 0.896. The predicted molar refractivity (Wildman–Crippen MR) is 67.9 cm³/mol. The van der Waals surface area contributed by atoms with Gasteiger partial charge in [-0.05, 0) is 31.4 Å². The monoisotopic (exact) mass is 225 g/mol. The van der Waals surface area contributed by atoms with Gasteiger partial charge in [-0.25, -0.2) is 4.68 Å². The Hall–Kier alpha value is -0.740. The first-order chi connectivity index (χ1) is 7.36. The highest BCUT2D eigenvalue weighted by molar-refractivity contribution is 7.98. The third-order valence-corrected chi connectivity index (χ3v) is 2.82. The zero-order chi connectivity index (χ0) is 10.9. The van der Waals surface area contributed by atoms with Crippen LogP contribution in [0.1, 0.15) is 18.4 Å². The van der Waals surface area contributed by atoms with Crippen molar-refractivity contribution in [2.75, 3.05) is 18.6 Å². The summed E-state index contributed by atoms with van der Waals surface area (Å²) in [6.07, 6.45) is 10.2. The van der Waals surface area contributed by atoms with Gasteiger partial charge in [-0.1, -0.05) is 6.58 Å². The first-order valence-electron chi connectivity index (χ1n) is 5.22. The van der Waals surface area contributed by atoms with Gasteiger partial charge in [-0.2, -0.15) is 16.9 Å². The topological polar surface area (TPSA) is 29.9 Å². The molecule has 0 amide bonds. The van der Waals surface area contributed by atoms with Gasteiger partial charge < -0.3 is 5.32 Å². The van der Waals surface area contributed by atoms with Crippen LogP contribution in [0, 0.1) is 0 Å². The SMILES string of the molecule is C=Cn1cc(CNCCCCSC)cn1. The molecule has 84 valence electrons. The van der Waals surface area contributed by atoms with Crippen LogP contribution in [-0.2, 0) is 6.54 Å². The molecule has 1 rings (SSSR count). The van der Waals surface area contributed by atoms with E-state index in [2.05, 4.69) is 23.3 Å². The highest BCUT2D eigenvalue weighted by atomic mass is 32.2. The van der Waals surface area contributed by atoms with Crippen LogP contribution in [-0.4, -0.2) is 28.3 Å². The van der Waals surface area contributed by atoms with E-state index in [4.69, 9.17) is 0 Å². The summed E-state index contributed by atoms with van der Waals surface area (Å²) in [6.45, 7) is 5.63. The molecule has 0 unspecified atom stereocenters. The Morgan fingerprint density at radius 1 is 1.60 bits per heavy atom. The van der Waals surface area contributed by atoms with Crippen LogP contribution in [0.4, 0.5) is 0 Å². The fourth-order valence-corrected chi connectivity index (χ4v) is 1.79. The van der Waals surface area contributed by atoms with Crippen LogP contribution in [0.3, 0.4) is 0 Å². The zero-order valence-corrected chi connectivity index (χ0v) is 10.1. The van der Waals surface area contributed by atoms with Crippen LogP contribution >= 0.6 is 11.8 Å². The number of hydrogen-bond acceptors (Lipinski definition) is 3. The molecule has 0 aliphatic carbocycles. The molecule has 0 aromatic carbocycles. The fourth-order valence-electron chi connectivity index (χ4n) is 1.30. The molecule has 0 spiro atoms. The number of hydrogen-bond donors (Lipinski definition) is 1. The van der Waals surface area contributed by atoms with E-state index in [1.165, 1.54) is 24.2 Å². The van der Waals surface area contributed by atoms with E-state index in [1.807, 2.05) is 24.2 Å². The van der Waals surface area contributed by atoms with Crippen LogP contribution in [0.5, 0.6) is 0 Å². The number of thioether (sulfide) groups is 1. The molecule has 1 N–H and O–H groups in total. The third kappa shape index (κ3) is 5.04. The van der Waals surface area contributed by atoms with Crippen molar-refractivity contribution in [2.24, 2.45) is 0 Å². The molecule has 15 heavy (non-hydrogen) atoms. The summed E-state index contributed by atoms with van der Waals surface area (Å²) in [5.74, 6) is 1.26. The number of rotatable bonds is 8. The molecule has 1 heterocycles. The van der Waals surface area contributed by atoms with E-state index in [0.29, 0.717) is 0 Å². The molecule has 0 radical (unpaired) electrons. The molecule has 0 atom stereocenters. The molecular formula is C11H19N3S. The Kier molecular flexibility index (Phi) is 6.20. The number of aromatic nitrogens is 2. The summed E-state index contributed by atoms with van der Waals surface area (Å²) in [4.78, 5) is 0. The lowest BCUT2D eigenvalue weighted by atomic mass is 10.3. The van der Waals surface area contributed by atoms with Crippen molar-refractivity contribution >= 4 is 18.0 Å². The van der Waals surface area contributed by atoms with Crippen molar-refractivity contribution in [1.82, 2.24) is 15.1 Å². The molecular weight excluding hydrogens is 206 g/mol. The molecule has 4 heteroatoms.